The minimum Gasteiger partial charge on any atom is -0.452 e. The van der Waals surface area contributed by atoms with Crippen molar-refractivity contribution < 1.29 is 27.7 Å². The molecule has 1 amide bonds. The first kappa shape index (κ1) is 22.7. The predicted octanol–water partition coefficient (Wildman–Crippen LogP) is 2.04. The second-order valence-electron chi connectivity index (χ2n) is 6.15. The monoisotopic (exact) mass is 433 g/mol. The molecule has 0 aliphatic rings. The van der Waals surface area contributed by atoms with Crippen LogP contribution in [0.5, 0.6) is 0 Å². The number of esters is 1. The van der Waals surface area contributed by atoms with Gasteiger partial charge in [-0.05, 0) is 42.0 Å². The summed E-state index contributed by atoms with van der Waals surface area (Å²) in [7, 11) is -0.866. The van der Waals surface area contributed by atoms with E-state index in [9.17, 15) is 28.1 Å². The molecule has 0 bridgehead atoms. The number of benzene rings is 2. The molecule has 158 valence electrons. The Morgan fingerprint density at radius 3 is 2.43 bits per heavy atom. The molecule has 10 nitrogen and oxygen atoms in total. The smallest absolute Gasteiger partial charge is 0.331 e. The van der Waals surface area contributed by atoms with E-state index in [1.165, 1.54) is 68.7 Å². The molecule has 0 aromatic heterocycles. The number of amides is 1. The lowest BCUT2D eigenvalue weighted by atomic mass is 10.2. The molecule has 0 radical (unpaired) electrons. The van der Waals surface area contributed by atoms with E-state index >= 15 is 0 Å². The lowest BCUT2D eigenvalue weighted by Crippen LogP contribution is -2.23. The van der Waals surface area contributed by atoms with E-state index in [0.29, 0.717) is 5.56 Å². The fourth-order valence-corrected chi connectivity index (χ4v) is 3.15. The standard InChI is InChI=1S/C19H19N3O7S/c1-21(2)30(27,28)17-5-3-4-15(12-17)20-18(23)13-29-19(24)11-8-14-6-9-16(10-7-14)22(25)26/h3-12H,13H2,1-2H3,(H,20,23)/b11-8+. The Balaban J connectivity index is 1.90. The van der Waals surface area contributed by atoms with Gasteiger partial charge in [-0.25, -0.2) is 17.5 Å². The predicted molar refractivity (Wildman–Crippen MR) is 109 cm³/mol. The molecule has 0 saturated heterocycles. The molecule has 2 aromatic rings. The van der Waals surface area contributed by atoms with Crippen molar-refractivity contribution in [3.63, 3.8) is 0 Å². The van der Waals surface area contributed by atoms with Crippen molar-refractivity contribution in [3.05, 3.63) is 70.3 Å². The van der Waals surface area contributed by atoms with Crippen LogP contribution in [0.2, 0.25) is 0 Å². The van der Waals surface area contributed by atoms with Crippen molar-refractivity contribution in [2.75, 3.05) is 26.0 Å². The van der Waals surface area contributed by atoms with Crippen LogP contribution < -0.4 is 5.32 Å². The number of nitro benzene ring substituents is 1. The molecule has 0 atom stereocenters. The first-order valence-electron chi connectivity index (χ1n) is 8.51. The highest BCUT2D eigenvalue weighted by Gasteiger charge is 2.17. The second-order valence-corrected chi connectivity index (χ2v) is 8.30. The number of carbonyl (C=O) groups is 2. The molecule has 0 heterocycles. The van der Waals surface area contributed by atoms with Crippen molar-refractivity contribution in [1.82, 2.24) is 4.31 Å². The van der Waals surface area contributed by atoms with Gasteiger partial charge in [-0.1, -0.05) is 6.07 Å². The summed E-state index contributed by atoms with van der Waals surface area (Å²) in [4.78, 5) is 33.7. The first-order valence-corrected chi connectivity index (χ1v) is 9.95. The van der Waals surface area contributed by atoms with Gasteiger partial charge in [-0.2, -0.15) is 0 Å². The number of sulfonamides is 1. The Hall–Kier alpha value is -3.57. The third kappa shape index (κ3) is 6.22. The molecule has 11 heteroatoms. The number of rotatable bonds is 8. The van der Waals surface area contributed by atoms with Gasteiger partial charge >= 0.3 is 5.97 Å². The lowest BCUT2D eigenvalue weighted by molar-refractivity contribution is -0.384. The van der Waals surface area contributed by atoms with Crippen LogP contribution in [0.15, 0.2) is 59.5 Å². The van der Waals surface area contributed by atoms with Crippen molar-refractivity contribution in [3.8, 4) is 0 Å². The number of nitrogens with zero attached hydrogens (tertiary/aromatic N) is 2. The van der Waals surface area contributed by atoms with Gasteiger partial charge < -0.3 is 10.1 Å². The third-order valence-corrected chi connectivity index (χ3v) is 5.57. The van der Waals surface area contributed by atoms with Gasteiger partial charge in [0.15, 0.2) is 6.61 Å². The number of nitro groups is 1. The Morgan fingerprint density at radius 1 is 1.17 bits per heavy atom. The molecule has 0 fully saturated rings. The van der Waals surface area contributed by atoms with Gasteiger partial charge in [0.2, 0.25) is 10.0 Å². The van der Waals surface area contributed by atoms with Crippen LogP contribution in [0.25, 0.3) is 6.08 Å². The van der Waals surface area contributed by atoms with Crippen LogP contribution in [-0.2, 0) is 24.3 Å². The zero-order valence-corrected chi connectivity index (χ0v) is 17.0. The van der Waals surface area contributed by atoms with E-state index in [1.54, 1.807) is 0 Å². The summed E-state index contributed by atoms with van der Waals surface area (Å²) in [5.41, 5.74) is 0.704. The highest BCUT2D eigenvalue weighted by atomic mass is 32.2. The maximum atomic E-state index is 12.1. The average Bonchev–Trinajstić information content (AvgIpc) is 2.71. The van der Waals surface area contributed by atoms with Crippen molar-refractivity contribution in [1.29, 1.82) is 0 Å². The molecule has 0 aliphatic heterocycles. The molecule has 1 N–H and O–H groups in total. The van der Waals surface area contributed by atoms with Gasteiger partial charge in [0, 0.05) is 38.0 Å². The zero-order valence-electron chi connectivity index (χ0n) is 16.1. The number of ether oxygens (including phenoxy) is 1. The number of carbonyl (C=O) groups excluding carboxylic acids is 2. The Bertz CT molecular complexity index is 1080. The van der Waals surface area contributed by atoms with Gasteiger partial charge in [0.05, 0.1) is 9.82 Å². The molecular weight excluding hydrogens is 414 g/mol. The van der Waals surface area contributed by atoms with E-state index in [1.807, 2.05) is 0 Å². The summed E-state index contributed by atoms with van der Waals surface area (Å²) in [5, 5.41) is 13.1. The average molecular weight is 433 g/mol. The van der Waals surface area contributed by atoms with Crippen molar-refractivity contribution in [2.24, 2.45) is 0 Å². The first-order chi connectivity index (χ1) is 14.1. The van der Waals surface area contributed by atoms with Gasteiger partial charge in [0.25, 0.3) is 11.6 Å². The zero-order chi connectivity index (χ0) is 22.3. The molecule has 0 unspecified atom stereocenters. The van der Waals surface area contributed by atoms with Crippen molar-refractivity contribution >= 4 is 39.4 Å². The van der Waals surface area contributed by atoms with Gasteiger partial charge in [0.1, 0.15) is 0 Å². The maximum Gasteiger partial charge on any atom is 0.331 e. The SMILES string of the molecule is CN(C)S(=O)(=O)c1cccc(NC(=O)COC(=O)/C=C/c2ccc([N+](=O)[O-])cc2)c1. The van der Waals surface area contributed by atoms with Crippen LogP contribution in [-0.4, -0.2) is 50.2 Å². The quantitative estimate of drug-likeness (QED) is 0.291. The number of nitrogens with one attached hydrogen (secondary N) is 1. The van der Waals surface area contributed by atoms with E-state index in [4.69, 9.17) is 4.74 Å². The normalized spacial score (nSPS) is 11.4. The lowest BCUT2D eigenvalue weighted by Gasteiger charge is -2.12. The number of hydrogen-bond acceptors (Lipinski definition) is 7. The van der Waals surface area contributed by atoms with Crippen molar-refractivity contribution in [2.45, 2.75) is 4.90 Å². The molecule has 2 rings (SSSR count). The molecule has 30 heavy (non-hydrogen) atoms. The Labute approximate surface area is 173 Å². The second kappa shape index (κ2) is 9.76. The highest BCUT2D eigenvalue weighted by Crippen LogP contribution is 2.18. The van der Waals surface area contributed by atoms with Crippen LogP contribution >= 0.6 is 0 Å². The maximum absolute atomic E-state index is 12.1. The molecule has 0 saturated carbocycles. The minimum atomic E-state index is -3.65. The molecule has 0 aliphatic carbocycles. The summed E-state index contributed by atoms with van der Waals surface area (Å²) in [6.45, 7) is -0.575. The number of anilines is 1. The summed E-state index contributed by atoms with van der Waals surface area (Å²) in [5.74, 6) is -1.43. The Morgan fingerprint density at radius 2 is 1.83 bits per heavy atom. The topological polar surface area (TPSA) is 136 Å². The van der Waals surface area contributed by atoms with Crippen LogP contribution in [0.3, 0.4) is 0 Å². The van der Waals surface area contributed by atoms with E-state index in [0.717, 1.165) is 10.4 Å². The van der Waals surface area contributed by atoms with Crippen LogP contribution in [0, 0.1) is 10.1 Å². The molecule has 2 aromatic carbocycles. The van der Waals surface area contributed by atoms with Gasteiger partial charge in [-0.15, -0.1) is 0 Å². The largest absolute Gasteiger partial charge is 0.452 e. The summed E-state index contributed by atoms with van der Waals surface area (Å²) < 4.78 is 30.1. The third-order valence-electron chi connectivity index (χ3n) is 3.76. The fourth-order valence-electron chi connectivity index (χ4n) is 2.20. The number of hydrogen-bond donors (Lipinski definition) is 1. The van der Waals surface area contributed by atoms with Crippen LogP contribution in [0.1, 0.15) is 5.56 Å². The van der Waals surface area contributed by atoms with Gasteiger partial charge in [-0.3, -0.25) is 14.9 Å². The summed E-state index contributed by atoms with van der Waals surface area (Å²) in [6.07, 6.45) is 2.47. The molecular formula is C19H19N3O7S. The fraction of sp³-hybridized carbons (Fsp3) is 0.158. The van der Waals surface area contributed by atoms with E-state index in [2.05, 4.69) is 5.32 Å². The van der Waals surface area contributed by atoms with Crippen LogP contribution in [0.4, 0.5) is 11.4 Å². The highest BCUT2D eigenvalue weighted by molar-refractivity contribution is 7.89. The summed E-state index contributed by atoms with van der Waals surface area (Å²) >= 11 is 0. The minimum absolute atomic E-state index is 0.00771. The number of non-ortho nitro benzene ring substituents is 1. The summed E-state index contributed by atoms with van der Waals surface area (Å²) in [6, 6.07) is 11.2. The molecule has 0 spiro atoms. The van der Waals surface area contributed by atoms with E-state index < -0.39 is 33.4 Å². The Kier molecular flexibility index (Phi) is 7.39. The van der Waals surface area contributed by atoms with E-state index in [-0.39, 0.29) is 16.3 Å².